The molecule has 1 fully saturated rings. The molecule has 2 rings (SSSR count). The first-order valence-corrected chi connectivity index (χ1v) is 7.11. The maximum atomic E-state index is 5.66. The second-order valence-corrected chi connectivity index (χ2v) is 5.70. The molecule has 4 heteroatoms. The summed E-state index contributed by atoms with van der Waals surface area (Å²) in [6.07, 6.45) is 2.77. The van der Waals surface area contributed by atoms with Crippen molar-refractivity contribution in [3.05, 3.63) is 28.2 Å². The van der Waals surface area contributed by atoms with Gasteiger partial charge in [-0.15, -0.1) is 0 Å². The standard InChI is InChI=1S/C14H20BrNO2/c1-16(10-13-4-3-7-18-13)9-11-8-12(15)5-6-14(11)17-2/h5-6,8,13H,3-4,7,9-10H2,1-2H3. The van der Waals surface area contributed by atoms with Gasteiger partial charge in [0.15, 0.2) is 0 Å². The van der Waals surface area contributed by atoms with Gasteiger partial charge in [0.2, 0.25) is 0 Å². The Morgan fingerprint density at radius 1 is 1.50 bits per heavy atom. The molecular weight excluding hydrogens is 294 g/mol. The molecule has 0 spiro atoms. The summed E-state index contributed by atoms with van der Waals surface area (Å²) in [6.45, 7) is 2.77. The lowest BCUT2D eigenvalue weighted by molar-refractivity contribution is 0.0791. The van der Waals surface area contributed by atoms with E-state index in [1.165, 1.54) is 18.4 Å². The molecule has 1 aliphatic heterocycles. The van der Waals surface area contributed by atoms with Gasteiger partial charge in [-0.05, 0) is 38.1 Å². The maximum Gasteiger partial charge on any atom is 0.123 e. The van der Waals surface area contributed by atoms with Crippen LogP contribution in [0.15, 0.2) is 22.7 Å². The van der Waals surface area contributed by atoms with Crippen molar-refractivity contribution in [1.29, 1.82) is 0 Å². The van der Waals surface area contributed by atoms with Gasteiger partial charge in [0.05, 0.1) is 13.2 Å². The van der Waals surface area contributed by atoms with Crippen LogP contribution in [0, 0.1) is 0 Å². The zero-order valence-electron chi connectivity index (χ0n) is 11.0. The molecule has 1 atom stereocenters. The summed E-state index contributed by atoms with van der Waals surface area (Å²) in [5, 5.41) is 0. The van der Waals surface area contributed by atoms with E-state index in [0.29, 0.717) is 6.10 Å². The summed E-state index contributed by atoms with van der Waals surface area (Å²) in [4.78, 5) is 2.29. The van der Waals surface area contributed by atoms with E-state index in [4.69, 9.17) is 9.47 Å². The van der Waals surface area contributed by atoms with E-state index >= 15 is 0 Å². The predicted molar refractivity (Wildman–Crippen MR) is 76.0 cm³/mol. The highest BCUT2D eigenvalue weighted by atomic mass is 79.9. The summed E-state index contributed by atoms with van der Waals surface area (Å²) in [5.41, 5.74) is 1.20. The van der Waals surface area contributed by atoms with Crippen LogP contribution in [0.4, 0.5) is 0 Å². The Hall–Kier alpha value is -0.580. The van der Waals surface area contributed by atoms with Gasteiger partial charge in [-0.3, -0.25) is 4.90 Å². The number of hydrogen-bond acceptors (Lipinski definition) is 3. The zero-order chi connectivity index (χ0) is 13.0. The number of ether oxygens (including phenoxy) is 2. The second-order valence-electron chi connectivity index (χ2n) is 4.79. The Balaban J connectivity index is 1.96. The van der Waals surface area contributed by atoms with Crippen LogP contribution in [0.2, 0.25) is 0 Å². The highest BCUT2D eigenvalue weighted by Crippen LogP contribution is 2.24. The smallest absolute Gasteiger partial charge is 0.123 e. The monoisotopic (exact) mass is 313 g/mol. The van der Waals surface area contributed by atoms with Crippen molar-refractivity contribution in [1.82, 2.24) is 4.90 Å². The molecule has 1 aliphatic rings. The zero-order valence-corrected chi connectivity index (χ0v) is 12.6. The number of methoxy groups -OCH3 is 1. The van der Waals surface area contributed by atoms with Gasteiger partial charge < -0.3 is 9.47 Å². The Morgan fingerprint density at radius 3 is 3.00 bits per heavy atom. The number of hydrogen-bond donors (Lipinski definition) is 0. The molecule has 0 N–H and O–H groups in total. The van der Waals surface area contributed by atoms with Crippen LogP contribution >= 0.6 is 15.9 Å². The van der Waals surface area contributed by atoms with E-state index in [-0.39, 0.29) is 0 Å². The van der Waals surface area contributed by atoms with Crippen molar-refractivity contribution in [2.45, 2.75) is 25.5 Å². The lowest BCUT2D eigenvalue weighted by atomic mass is 10.1. The van der Waals surface area contributed by atoms with E-state index in [0.717, 1.165) is 29.9 Å². The minimum Gasteiger partial charge on any atom is -0.496 e. The van der Waals surface area contributed by atoms with Gasteiger partial charge in [-0.1, -0.05) is 15.9 Å². The largest absolute Gasteiger partial charge is 0.496 e. The molecule has 1 aromatic rings. The fraction of sp³-hybridized carbons (Fsp3) is 0.571. The molecule has 1 unspecified atom stereocenters. The molecule has 1 saturated heterocycles. The van der Waals surface area contributed by atoms with Crippen LogP contribution in [0.3, 0.4) is 0 Å². The number of nitrogens with zero attached hydrogens (tertiary/aromatic N) is 1. The molecule has 0 saturated carbocycles. The van der Waals surface area contributed by atoms with Gasteiger partial charge in [-0.25, -0.2) is 0 Å². The highest BCUT2D eigenvalue weighted by molar-refractivity contribution is 9.10. The van der Waals surface area contributed by atoms with Crippen LogP contribution in [0.1, 0.15) is 18.4 Å². The molecule has 100 valence electrons. The van der Waals surface area contributed by atoms with E-state index in [2.05, 4.69) is 33.9 Å². The van der Waals surface area contributed by atoms with Gasteiger partial charge in [0.25, 0.3) is 0 Å². The number of benzene rings is 1. The van der Waals surface area contributed by atoms with E-state index in [1.54, 1.807) is 7.11 Å². The summed E-state index contributed by atoms with van der Waals surface area (Å²) >= 11 is 3.50. The predicted octanol–water partition coefficient (Wildman–Crippen LogP) is 3.07. The van der Waals surface area contributed by atoms with Crippen LogP contribution in [-0.4, -0.2) is 38.3 Å². The Morgan fingerprint density at radius 2 is 2.33 bits per heavy atom. The van der Waals surface area contributed by atoms with E-state index in [1.807, 2.05) is 12.1 Å². The Labute approximate surface area is 117 Å². The van der Waals surface area contributed by atoms with Gasteiger partial charge in [0, 0.05) is 29.7 Å². The topological polar surface area (TPSA) is 21.7 Å². The molecule has 1 heterocycles. The normalized spacial score (nSPS) is 19.4. The molecule has 0 aliphatic carbocycles. The molecule has 1 aromatic carbocycles. The van der Waals surface area contributed by atoms with Crippen LogP contribution in [-0.2, 0) is 11.3 Å². The second kappa shape index (κ2) is 6.55. The van der Waals surface area contributed by atoms with Crippen LogP contribution in [0.25, 0.3) is 0 Å². The van der Waals surface area contributed by atoms with Gasteiger partial charge in [0.1, 0.15) is 5.75 Å². The third-order valence-electron chi connectivity index (χ3n) is 3.22. The summed E-state index contributed by atoms with van der Waals surface area (Å²) in [6, 6.07) is 6.12. The van der Waals surface area contributed by atoms with Gasteiger partial charge in [-0.2, -0.15) is 0 Å². The number of halogens is 1. The summed E-state index contributed by atoms with van der Waals surface area (Å²) in [7, 11) is 3.84. The van der Waals surface area contributed by atoms with Gasteiger partial charge >= 0.3 is 0 Å². The minimum atomic E-state index is 0.396. The highest BCUT2D eigenvalue weighted by Gasteiger charge is 2.18. The third kappa shape index (κ3) is 3.70. The first-order chi connectivity index (χ1) is 8.69. The fourth-order valence-electron chi connectivity index (χ4n) is 2.36. The average molecular weight is 314 g/mol. The van der Waals surface area contributed by atoms with Crippen LogP contribution in [0.5, 0.6) is 5.75 Å². The Bertz CT molecular complexity index is 391. The molecule has 0 radical (unpaired) electrons. The van der Waals surface area contributed by atoms with Crippen LogP contribution < -0.4 is 4.74 Å². The fourth-order valence-corrected chi connectivity index (χ4v) is 2.77. The maximum absolute atomic E-state index is 5.66. The number of likely N-dealkylation sites (N-methyl/N-ethyl adjacent to an activating group) is 1. The SMILES string of the molecule is COc1ccc(Br)cc1CN(C)CC1CCCO1. The molecule has 3 nitrogen and oxygen atoms in total. The number of rotatable bonds is 5. The van der Waals surface area contributed by atoms with Crippen molar-refractivity contribution in [3.8, 4) is 5.75 Å². The Kier molecular flexibility index (Phi) is 5.03. The summed E-state index contributed by atoms with van der Waals surface area (Å²) < 4.78 is 12.1. The van der Waals surface area contributed by atoms with Crippen molar-refractivity contribution in [2.24, 2.45) is 0 Å². The van der Waals surface area contributed by atoms with E-state index < -0.39 is 0 Å². The molecule has 18 heavy (non-hydrogen) atoms. The molecular formula is C14H20BrNO2. The van der Waals surface area contributed by atoms with Crippen molar-refractivity contribution >= 4 is 15.9 Å². The molecule has 0 bridgehead atoms. The summed E-state index contributed by atoms with van der Waals surface area (Å²) in [5.74, 6) is 0.942. The minimum absolute atomic E-state index is 0.396. The molecule has 0 aromatic heterocycles. The quantitative estimate of drug-likeness (QED) is 0.834. The average Bonchev–Trinajstić information content (AvgIpc) is 2.82. The molecule has 0 amide bonds. The first kappa shape index (κ1) is 13.8. The van der Waals surface area contributed by atoms with Crippen molar-refractivity contribution in [2.75, 3.05) is 27.3 Å². The third-order valence-corrected chi connectivity index (χ3v) is 3.72. The first-order valence-electron chi connectivity index (χ1n) is 6.31. The van der Waals surface area contributed by atoms with Crippen molar-refractivity contribution < 1.29 is 9.47 Å². The lowest BCUT2D eigenvalue weighted by Gasteiger charge is -2.21. The lowest BCUT2D eigenvalue weighted by Crippen LogP contribution is -2.28. The van der Waals surface area contributed by atoms with Crippen molar-refractivity contribution in [3.63, 3.8) is 0 Å². The van der Waals surface area contributed by atoms with E-state index in [9.17, 15) is 0 Å².